The third kappa shape index (κ3) is 2.99. The number of oxazole rings is 1. The van der Waals surface area contributed by atoms with Crippen LogP contribution in [0.15, 0.2) is 27.4 Å². The molecule has 0 aliphatic carbocycles. The molecule has 3 rings (SSSR count). The maximum Gasteiger partial charge on any atom is 0.417 e. The molecule has 2 amide bonds. The summed E-state index contributed by atoms with van der Waals surface area (Å²) >= 11 is 0. The van der Waals surface area contributed by atoms with Crippen LogP contribution >= 0.6 is 0 Å². The first-order valence-corrected chi connectivity index (χ1v) is 7.66. The average molecular weight is 317 g/mol. The molecule has 1 N–H and O–H groups in total. The van der Waals surface area contributed by atoms with Crippen LogP contribution in [0.4, 0.5) is 0 Å². The van der Waals surface area contributed by atoms with E-state index in [1.165, 1.54) is 0 Å². The number of amides is 2. The summed E-state index contributed by atoms with van der Waals surface area (Å²) < 4.78 is 4.99. The highest BCUT2D eigenvalue weighted by Gasteiger charge is 2.26. The van der Waals surface area contributed by atoms with Gasteiger partial charge < -0.3 is 14.2 Å². The van der Waals surface area contributed by atoms with Crippen LogP contribution in [-0.4, -0.2) is 52.8 Å². The molecule has 0 saturated carbocycles. The summed E-state index contributed by atoms with van der Waals surface area (Å²) in [4.78, 5) is 41.7. The van der Waals surface area contributed by atoms with Crippen molar-refractivity contribution < 1.29 is 14.0 Å². The Morgan fingerprint density at radius 2 is 1.78 bits per heavy atom. The van der Waals surface area contributed by atoms with Gasteiger partial charge in [-0.25, -0.2) is 4.79 Å². The molecule has 1 aliphatic heterocycles. The van der Waals surface area contributed by atoms with Crippen molar-refractivity contribution in [2.75, 3.05) is 26.2 Å². The van der Waals surface area contributed by atoms with Crippen molar-refractivity contribution in [3.05, 3.63) is 34.3 Å². The Balaban J connectivity index is 1.71. The highest BCUT2D eigenvalue weighted by molar-refractivity contribution is 5.97. The summed E-state index contributed by atoms with van der Waals surface area (Å²) in [5.41, 5.74) is 1.41. The second-order valence-electron chi connectivity index (χ2n) is 6.00. The number of H-pyrrole nitrogens is 1. The van der Waals surface area contributed by atoms with Gasteiger partial charge in [-0.2, -0.15) is 0 Å². The number of aromatic nitrogens is 1. The van der Waals surface area contributed by atoms with Crippen molar-refractivity contribution in [2.45, 2.75) is 13.8 Å². The number of nitrogens with one attached hydrogen (secondary N) is 1. The first-order valence-electron chi connectivity index (χ1n) is 7.66. The van der Waals surface area contributed by atoms with Gasteiger partial charge in [-0.05, 0) is 18.2 Å². The number of carbonyl (C=O) groups is 2. The fourth-order valence-electron chi connectivity index (χ4n) is 2.76. The first-order chi connectivity index (χ1) is 11.0. The van der Waals surface area contributed by atoms with Gasteiger partial charge in [-0.15, -0.1) is 0 Å². The van der Waals surface area contributed by atoms with Crippen molar-refractivity contribution in [3.8, 4) is 0 Å². The number of aromatic amines is 1. The highest BCUT2D eigenvalue weighted by atomic mass is 16.4. The van der Waals surface area contributed by atoms with E-state index in [1.54, 1.807) is 28.0 Å². The number of rotatable bonds is 2. The minimum Gasteiger partial charge on any atom is -0.408 e. The van der Waals surface area contributed by atoms with Gasteiger partial charge in [0.2, 0.25) is 5.91 Å². The predicted molar refractivity (Wildman–Crippen MR) is 84.2 cm³/mol. The smallest absolute Gasteiger partial charge is 0.408 e. The number of carbonyl (C=O) groups excluding carboxylic acids is 2. The summed E-state index contributed by atoms with van der Waals surface area (Å²) in [6.45, 7) is 5.85. The molecule has 2 heterocycles. The lowest BCUT2D eigenvalue weighted by molar-refractivity contribution is -0.135. The summed E-state index contributed by atoms with van der Waals surface area (Å²) in [6, 6.07) is 4.90. The molecule has 0 spiro atoms. The van der Waals surface area contributed by atoms with E-state index in [2.05, 4.69) is 4.98 Å². The predicted octanol–water partition coefficient (Wildman–Crippen LogP) is 1.06. The van der Waals surface area contributed by atoms with Crippen molar-refractivity contribution in [1.82, 2.24) is 14.8 Å². The maximum absolute atomic E-state index is 12.6. The van der Waals surface area contributed by atoms with Gasteiger partial charge in [-0.1, -0.05) is 13.8 Å². The lowest BCUT2D eigenvalue weighted by atomic mass is 10.1. The number of hydrogen-bond donors (Lipinski definition) is 1. The number of benzene rings is 1. The minimum atomic E-state index is -0.537. The van der Waals surface area contributed by atoms with Crippen LogP contribution < -0.4 is 5.76 Å². The van der Waals surface area contributed by atoms with E-state index >= 15 is 0 Å². The van der Waals surface area contributed by atoms with E-state index in [0.29, 0.717) is 42.8 Å². The van der Waals surface area contributed by atoms with Crippen molar-refractivity contribution >= 4 is 22.9 Å². The monoisotopic (exact) mass is 317 g/mol. The largest absolute Gasteiger partial charge is 0.417 e. The van der Waals surface area contributed by atoms with Crippen LogP contribution in [0.2, 0.25) is 0 Å². The minimum absolute atomic E-state index is 0.0313. The second-order valence-corrected chi connectivity index (χ2v) is 6.00. The van der Waals surface area contributed by atoms with E-state index in [4.69, 9.17) is 4.42 Å². The number of fused-ring (bicyclic) bond motifs is 1. The van der Waals surface area contributed by atoms with E-state index in [-0.39, 0.29) is 17.7 Å². The van der Waals surface area contributed by atoms with Crippen LogP contribution in [0.1, 0.15) is 24.2 Å². The molecule has 1 fully saturated rings. The molecular weight excluding hydrogens is 298 g/mol. The van der Waals surface area contributed by atoms with Gasteiger partial charge >= 0.3 is 5.76 Å². The zero-order valence-corrected chi connectivity index (χ0v) is 13.2. The molecule has 0 unspecified atom stereocenters. The van der Waals surface area contributed by atoms with Crippen molar-refractivity contribution in [3.63, 3.8) is 0 Å². The maximum atomic E-state index is 12.6. The molecule has 1 aliphatic rings. The molecular formula is C16H19N3O4. The van der Waals surface area contributed by atoms with Crippen LogP contribution in [0.5, 0.6) is 0 Å². The Morgan fingerprint density at radius 3 is 2.43 bits per heavy atom. The normalized spacial score (nSPS) is 15.4. The van der Waals surface area contributed by atoms with Crippen LogP contribution in [0, 0.1) is 5.92 Å². The molecule has 7 nitrogen and oxygen atoms in total. The Morgan fingerprint density at radius 1 is 1.13 bits per heavy atom. The van der Waals surface area contributed by atoms with Gasteiger partial charge in [0.1, 0.15) is 0 Å². The Kier molecular flexibility index (Phi) is 3.94. The summed E-state index contributed by atoms with van der Waals surface area (Å²) in [5.74, 6) is -0.568. The van der Waals surface area contributed by atoms with Gasteiger partial charge in [0.15, 0.2) is 5.58 Å². The molecule has 0 atom stereocenters. The van der Waals surface area contributed by atoms with Crippen LogP contribution in [0.25, 0.3) is 11.1 Å². The Hall–Kier alpha value is -2.57. The summed E-state index contributed by atoms with van der Waals surface area (Å²) in [5, 5.41) is 0. The molecule has 1 aromatic heterocycles. The topological polar surface area (TPSA) is 86.6 Å². The van der Waals surface area contributed by atoms with E-state index in [1.807, 2.05) is 13.8 Å². The van der Waals surface area contributed by atoms with E-state index in [9.17, 15) is 14.4 Å². The summed E-state index contributed by atoms with van der Waals surface area (Å²) in [7, 11) is 0. The lowest BCUT2D eigenvalue weighted by Gasteiger charge is -2.35. The van der Waals surface area contributed by atoms with E-state index in [0.717, 1.165) is 0 Å². The zero-order valence-electron chi connectivity index (χ0n) is 13.2. The molecule has 1 aromatic carbocycles. The quantitative estimate of drug-likeness (QED) is 0.897. The standard InChI is InChI=1S/C16H19N3O4/c1-10(2)14(20)18-5-7-19(8-6-18)15(21)11-3-4-12-13(9-11)23-16(22)17-12/h3-4,9-10H,5-8H2,1-2H3,(H,17,22). The SMILES string of the molecule is CC(C)C(=O)N1CCN(C(=O)c2ccc3[nH]c(=O)oc3c2)CC1. The van der Waals surface area contributed by atoms with Gasteiger partial charge in [0.05, 0.1) is 5.52 Å². The fourth-order valence-corrected chi connectivity index (χ4v) is 2.76. The second kappa shape index (κ2) is 5.91. The molecule has 2 aromatic rings. The lowest BCUT2D eigenvalue weighted by Crippen LogP contribution is -2.51. The van der Waals surface area contributed by atoms with Crippen LogP contribution in [-0.2, 0) is 4.79 Å². The van der Waals surface area contributed by atoms with Crippen molar-refractivity contribution in [2.24, 2.45) is 5.92 Å². The van der Waals surface area contributed by atoms with E-state index < -0.39 is 5.76 Å². The fraction of sp³-hybridized carbons (Fsp3) is 0.438. The van der Waals surface area contributed by atoms with Crippen LogP contribution in [0.3, 0.4) is 0 Å². The molecule has 0 bridgehead atoms. The van der Waals surface area contributed by atoms with Crippen molar-refractivity contribution in [1.29, 1.82) is 0 Å². The Labute approximate surface area is 132 Å². The average Bonchev–Trinajstić information content (AvgIpc) is 2.92. The molecule has 122 valence electrons. The molecule has 1 saturated heterocycles. The zero-order chi connectivity index (χ0) is 16.6. The third-order valence-electron chi connectivity index (χ3n) is 4.04. The molecule has 0 radical (unpaired) electrons. The first kappa shape index (κ1) is 15.3. The Bertz CT molecular complexity index is 797. The number of hydrogen-bond acceptors (Lipinski definition) is 4. The molecule has 7 heteroatoms. The number of nitrogens with zero attached hydrogens (tertiary/aromatic N) is 2. The van der Waals surface area contributed by atoms with Gasteiger partial charge in [-0.3, -0.25) is 14.6 Å². The summed E-state index contributed by atoms with van der Waals surface area (Å²) in [6.07, 6.45) is 0. The third-order valence-corrected chi connectivity index (χ3v) is 4.04. The van der Waals surface area contributed by atoms with Gasteiger partial charge in [0.25, 0.3) is 5.91 Å². The number of piperazine rings is 1. The molecule has 23 heavy (non-hydrogen) atoms. The van der Waals surface area contributed by atoms with Gasteiger partial charge in [0, 0.05) is 37.7 Å². The highest BCUT2D eigenvalue weighted by Crippen LogP contribution is 2.16.